The highest BCUT2D eigenvalue weighted by Crippen LogP contribution is 2.38. The first-order valence-electron chi connectivity index (χ1n) is 6.27. The fourth-order valence-electron chi connectivity index (χ4n) is 2.23. The molecule has 2 atom stereocenters. The maximum absolute atomic E-state index is 11.2. The minimum Gasteiger partial charge on any atom is -0.366 e. The van der Waals surface area contributed by atoms with E-state index in [2.05, 4.69) is 11.1 Å². The van der Waals surface area contributed by atoms with Crippen LogP contribution in [0.2, 0.25) is 0 Å². The SMILES string of the molecule is Cl.NC(=O)c1cccc(-c2ccc(C3CC3N)cn2)c1. The number of hydrogen-bond donors (Lipinski definition) is 2. The molecule has 2 aromatic rings. The van der Waals surface area contributed by atoms with Crippen molar-refractivity contribution in [2.75, 3.05) is 0 Å². The van der Waals surface area contributed by atoms with Crippen molar-refractivity contribution < 1.29 is 4.79 Å². The van der Waals surface area contributed by atoms with E-state index in [1.807, 2.05) is 24.4 Å². The van der Waals surface area contributed by atoms with Gasteiger partial charge in [-0.05, 0) is 30.2 Å². The molecule has 1 heterocycles. The molecule has 1 saturated carbocycles. The van der Waals surface area contributed by atoms with E-state index < -0.39 is 5.91 Å². The van der Waals surface area contributed by atoms with Crippen LogP contribution in [0.3, 0.4) is 0 Å². The average Bonchev–Trinajstić information content (AvgIpc) is 3.16. The number of carbonyl (C=O) groups excluding carboxylic acids is 1. The molecular weight excluding hydrogens is 274 g/mol. The summed E-state index contributed by atoms with van der Waals surface area (Å²) in [5.41, 5.74) is 14.5. The second kappa shape index (κ2) is 5.61. The number of amides is 1. The number of hydrogen-bond acceptors (Lipinski definition) is 3. The van der Waals surface area contributed by atoms with Crippen molar-refractivity contribution in [2.24, 2.45) is 11.5 Å². The van der Waals surface area contributed by atoms with Crippen LogP contribution in [-0.2, 0) is 0 Å². The van der Waals surface area contributed by atoms with Crippen LogP contribution in [0.5, 0.6) is 0 Å². The lowest BCUT2D eigenvalue weighted by Gasteiger charge is -2.04. The Balaban J connectivity index is 0.00000147. The summed E-state index contributed by atoms with van der Waals surface area (Å²) >= 11 is 0. The van der Waals surface area contributed by atoms with Gasteiger partial charge in [0.2, 0.25) is 5.91 Å². The Morgan fingerprint density at radius 1 is 1.25 bits per heavy atom. The smallest absolute Gasteiger partial charge is 0.248 e. The number of rotatable bonds is 3. The first-order valence-corrected chi connectivity index (χ1v) is 6.27. The van der Waals surface area contributed by atoms with E-state index in [-0.39, 0.29) is 18.4 Å². The monoisotopic (exact) mass is 289 g/mol. The number of primary amides is 1. The standard InChI is InChI=1S/C15H15N3O.ClH/c16-13-7-12(13)11-4-5-14(18-8-11)9-2-1-3-10(6-9)15(17)19;/h1-6,8,12-13H,7,16H2,(H2,17,19);1H. The van der Waals surface area contributed by atoms with E-state index in [0.29, 0.717) is 11.5 Å². The minimum atomic E-state index is -0.428. The topological polar surface area (TPSA) is 82.0 Å². The van der Waals surface area contributed by atoms with Crippen LogP contribution in [0.15, 0.2) is 42.6 Å². The summed E-state index contributed by atoms with van der Waals surface area (Å²) in [5.74, 6) is 0.0286. The fraction of sp³-hybridized carbons (Fsp3) is 0.200. The molecule has 4 N–H and O–H groups in total. The van der Waals surface area contributed by atoms with Crippen LogP contribution >= 0.6 is 12.4 Å². The lowest BCUT2D eigenvalue weighted by atomic mass is 10.1. The molecule has 0 bridgehead atoms. The quantitative estimate of drug-likeness (QED) is 0.907. The van der Waals surface area contributed by atoms with E-state index in [4.69, 9.17) is 11.5 Å². The van der Waals surface area contributed by atoms with Crippen molar-refractivity contribution in [3.05, 3.63) is 53.7 Å². The van der Waals surface area contributed by atoms with Gasteiger partial charge in [0, 0.05) is 29.3 Å². The molecule has 1 aliphatic rings. The lowest BCUT2D eigenvalue weighted by molar-refractivity contribution is 0.100. The van der Waals surface area contributed by atoms with Gasteiger partial charge in [-0.1, -0.05) is 18.2 Å². The molecule has 1 fully saturated rings. The number of carbonyl (C=O) groups is 1. The maximum Gasteiger partial charge on any atom is 0.248 e. The number of halogens is 1. The lowest BCUT2D eigenvalue weighted by Crippen LogP contribution is -2.10. The Morgan fingerprint density at radius 3 is 2.55 bits per heavy atom. The Kier molecular flexibility index (Phi) is 4.06. The number of nitrogens with two attached hydrogens (primary N) is 2. The molecule has 1 amide bonds. The molecule has 1 aliphatic carbocycles. The van der Waals surface area contributed by atoms with Gasteiger partial charge in [-0.3, -0.25) is 9.78 Å². The van der Waals surface area contributed by atoms with Crippen LogP contribution in [-0.4, -0.2) is 16.9 Å². The van der Waals surface area contributed by atoms with Gasteiger partial charge >= 0.3 is 0 Å². The normalized spacial score (nSPS) is 20.1. The van der Waals surface area contributed by atoms with Gasteiger partial charge < -0.3 is 11.5 Å². The van der Waals surface area contributed by atoms with Crippen molar-refractivity contribution in [1.82, 2.24) is 4.98 Å². The fourth-order valence-corrected chi connectivity index (χ4v) is 2.23. The third kappa shape index (κ3) is 2.81. The zero-order chi connectivity index (χ0) is 13.4. The Bertz CT molecular complexity index is 627. The van der Waals surface area contributed by atoms with Crippen molar-refractivity contribution >= 4 is 18.3 Å². The van der Waals surface area contributed by atoms with Gasteiger partial charge in [-0.2, -0.15) is 0 Å². The number of nitrogens with zero attached hydrogens (tertiary/aromatic N) is 1. The molecular formula is C15H16ClN3O. The zero-order valence-electron chi connectivity index (χ0n) is 10.8. The van der Waals surface area contributed by atoms with E-state index >= 15 is 0 Å². The van der Waals surface area contributed by atoms with Crippen LogP contribution in [0.4, 0.5) is 0 Å². The number of aromatic nitrogens is 1. The summed E-state index contributed by atoms with van der Waals surface area (Å²) in [6.07, 6.45) is 2.90. The van der Waals surface area contributed by atoms with Crippen molar-refractivity contribution in [1.29, 1.82) is 0 Å². The van der Waals surface area contributed by atoms with Crippen LogP contribution < -0.4 is 11.5 Å². The molecule has 0 aliphatic heterocycles. The second-order valence-electron chi connectivity index (χ2n) is 4.93. The van der Waals surface area contributed by atoms with Crippen LogP contribution in [0.25, 0.3) is 11.3 Å². The molecule has 4 nitrogen and oxygen atoms in total. The predicted octanol–water partition coefficient (Wildman–Crippen LogP) is 2.08. The molecule has 5 heteroatoms. The average molecular weight is 290 g/mol. The summed E-state index contributed by atoms with van der Waals surface area (Å²) < 4.78 is 0. The summed E-state index contributed by atoms with van der Waals surface area (Å²) in [5, 5.41) is 0. The van der Waals surface area contributed by atoms with Crippen molar-refractivity contribution in [2.45, 2.75) is 18.4 Å². The molecule has 1 aromatic carbocycles. The molecule has 0 radical (unpaired) electrons. The predicted molar refractivity (Wildman–Crippen MR) is 80.8 cm³/mol. The summed E-state index contributed by atoms with van der Waals surface area (Å²) in [4.78, 5) is 15.6. The highest BCUT2D eigenvalue weighted by Gasteiger charge is 2.34. The Labute approximate surface area is 123 Å². The molecule has 104 valence electrons. The molecule has 0 saturated heterocycles. The van der Waals surface area contributed by atoms with Crippen LogP contribution in [0, 0.1) is 0 Å². The number of benzene rings is 1. The highest BCUT2D eigenvalue weighted by molar-refractivity contribution is 5.93. The third-order valence-corrected chi connectivity index (χ3v) is 3.50. The van der Waals surface area contributed by atoms with Gasteiger partial charge in [0.15, 0.2) is 0 Å². The van der Waals surface area contributed by atoms with Crippen LogP contribution in [0.1, 0.15) is 28.3 Å². The highest BCUT2D eigenvalue weighted by atomic mass is 35.5. The zero-order valence-corrected chi connectivity index (χ0v) is 11.6. The van der Waals surface area contributed by atoms with E-state index in [1.165, 1.54) is 5.56 Å². The first kappa shape index (κ1) is 14.5. The van der Waals surface area contributed by atoms with Gasteiger partial charge in [-0.25, -0.2) is 0 Å². The summed E-state index contributed by atoms with van der Waals surface area (Å²) in [6.45, 7) is 0. The summed E-state index contributed by atoms with van der Waals surface area (Å²) in [6, 6.07) is 11.5. The largest absolute Gasteiger partial charge is 0.366 e. The molecule has 0 spiro atoms. The van der Waals surface area contributed by atoms with E-state index in [1.54, 1.807) is 12.1 Å². The van der Waals surface area contributed by atoms with E-state index in [0.717, 1.165) is 17.7 Å². The molecule has 2 unspecified atom stereocenters. The number of pyridine rings is 1. The molecule has 3 rings (SSSR count). The van der Waals surface area contributed by atoms with Crippen molar-refractivity contribution in [3.8, 4) is 11.3 Å². The van der Waals surface area contributed by atoms with Gasteiger partial charge in [0.05, 0.1) is 5.69 Å². The third-order valence-electron chi connectivity index (χ3n) is 3.50. The first-order chi connectivity index (χ1) is 9.15. The molecule has 1 aromatic heterocycles. The Hall–Kier alpha value is -1.91. The van der Waals surface area contributed by atoms with Gasteiger partial charge in [0.25, 0.3) is 0 Å². The Morgan fingerprint density at radius 2 is 2.00 bits per heavy atom. The second-order valence-corrected chi connectivity index (χ2v) is 4.93. The van der Waals surface area contributed by atoms with E-state index in [9.17, 15) is 4.79 Å². The minimum absolute atomic E-state index is 0. The molecule has 20 heavy (non-hydrogen) atoms. The van der Waals surface area contributed by atoms with Gasteiger partial charge in [-0.15, -0.1) is 12.4 Å². The van der Waals surface area contributed by atoms with Crippen molar-refractivity contribution in [3.63, 3.8) is 0 Å². The summed E-state index contributed by atoms with van der Waals surface area (Å²) in [7, 11) is 0. The maximum atomic E-state index is 11.2. The van der Waals surface area contributed by atoms with Gasteiger partial charge in [0.1, 0.15) is 0 Å².